The van der Waals surface area contributed by atoms with Crippen molar-refractivity contribution >= 4 is 40.6 Å². The van der Waals surface area contributed by atoms with Gasteiger partial charge in [-0.3, -0.25) is 29.3 Å². The summed E-state index contributed by atoms with van der Waals surface area (Å²) in [6.45, 7) is 9.86. The number of alkyl halides is 1. The number of fused-ring (bicyclic) bond motifs is 1. The van der Waals surface area contributed by atoms with Crippen LogP contribution in [0.5, 0.6) is 0 Å². The van der Waals surface area contributed by atoms with Crippen LogP contribution in [0.4, 0.5) is 5.95 Å². The van der Waals surface area contributed by atoms with E-state index in [0.717, 1.165) is 25.7 Å². The molecule has 0 radical (unpaired) electrons. The zero-order valence-corrected chi connectivity index (χ0v) is 23.4. The largest absolute Gasteiger partial charge is 0.455 e. The molecular formula is C25H38ClN5O7. The molecule has 4 atom stereocenters. The Labute approximate surface area is 226 Å². The quantitative estimate of drug-likeness (QED) is 0.204. The Morgan fingerprint density at radius 2 is 1.97 bits per heavy atom. The predicted octanol–water partition coefficient (Wildman–Crippen LogP) is 3.15. The highest BCUT2D eigenvalue weighted by Crippen LogP contribution is 2.43. The van der Waals surface area contributed by atoms with Gasteiger partial charge in [0.2, 0.25) is 11.9 Å². The maximum absolute atomic E-state index is 12.7. The number of rotatable bonds is 14. The van der Waals surface area contributed by atoms with Gasteiger partial charge in [-0.1, -0.05) is 40.5 Å². The third-order valence-corrected chi connectivity index (χ3v) is 6.69. The lowest BCUT2D eigenvalue weighted by atomic mass is 9.97. The number of anilines is 1. The van der Waals surface area contributed by atoms with Crippen molar-refractivity contribution in [2.45, 2.75) is 84.3 Å². The topological polar surface area (TPSA) is 147 Å². The van der Waals surface area contributed by atoms with Crippen LogP contribution in [-0.4, -0.2) is 74.9 Å². The van der Waals surface area contributed by atoms with Crippen LogP contribution in [0.2, 0.25) is 0 Å². The first-order valence-corrected chi connectivity index (χ1v) is 13.6. The van der Waals surface area contributed by atoms with E-state index in [1.807, 2.05) is 6.92 Å². The van der Waals surface area contributed by atoms with E-state index in [1.165, 1.54) is 17.8 Å². The number of aromatic amines is 1. The van der Waals surface area contributed by atoms with Crippen LogP contribution in [0.1, 0.15) is 66.5 Å². The van der Waals surface area contributed by atoms with E-state index in [0.29, 0.717) is 13.2 Å². The number of imidazole rings is 1. The zero-order valence-electron chi connectivity index (χ0n) is 22.6. The van der Waals surface area contributed by atoms with Gasteiger partial charge in [0, 0.05) is 26.1 Å². The van der Waals surface area contributed by atoms with Crippen molar-refractivity contribution in [3.8, 4) is 0 Å². The summed E-state index contributed by atoms with van der Waals surface area (Å²) in [7, 11) is 0. The Bertz CT molecular complexity index is 1150. The number of nitrogens with zero attached hydrogens (tertiary/aromatic N) is 3. The summed E-state index contributed by atoms with van der Waals surface area (Å²) in [6.07, 6.45) is 2.21. The number of carbonyl (C=O) groups is 2. The molecule has 3 rings (SSSR count). The van der Waals surface area contributed by atoms with Crippen molar-refractivity contribution in [3.05, 3.63) is 16.7 Å². The molecule has 2 aromatic heterocycles. The number of esters is 1. The van der Waals surface area contributed by atoms with Crippen LogP contribution >= 0.6 is 11.6 Å². The molecular weight excluding hydrogens is 518 g/mol. The molecule has 0 aliphatic carbocycles. The number of amides is 1. The van der Waals surface area contributed by atoms with Crippen LogP contribution in [0.3, 0.4) is 0 Å². The smallest absolute Gasteiger partial charge is 0.303 e. The number of halogens is 1. The lowest BCUT2D eigenvalue weighted by molar-refractivity contribution is -0.157. The predicted molar refractivity (Wildman–Crippen MR) is 141 cm³/mol. The summed E-state index contributed by atoms with van der Waals surface area (Å²) in [6, 6.07) is 0. The van der Waals surface area contributed by atoms with Crippen molar-refractivity contribution < 1.29 is 28.5 Å². The molecule has 38 heavy (non-hydrogen) atoms. The summed E-state index contributed by atoms with van der Waals surface area (Å²) in [5, 5.41) is 2.60. The van der Waals surface area contributed by atoms with Crippen molar-refractivity contribution in [1.29, 1.82) is 0 Å². The van der Waals surface area contributed by atoms with E-state index < -0.39 is 35.6 Å². The average Bonchev–Trinajstić information content (AvgIpc) is 3.42. The van der Waals surface area contributed by atoms with Gasteiger partial charge in [-0.15, -0.1) is 11.6 Å². The molecule has 0 unspecified atom stereocenters. The first-order chi connectivity index (χ1) is 18.2. The van der Waals surface area contributed by atoms with Gasteiger partial charge in [-0.05, 0) is 12.8 Å². The molecule has 12 nitrogen and oxygen atoms in total. The number of nitrogens with one attached hydrogen (secondary N) is 2. The number of hydrogen-bond acceptors (Lipinski definition) is 9. The van der Waals surface area contributed by atoms with E-state index in [4.69, 9.17) is 30.5 Å². The van der Waals surface area contributed by atoms with Crippen LogP contribution in [-0.2, 0) is 28.5 Å². The molecule has 1 saturated heterocycles. The van der Waals surface area contributed by atoms with Gasteiger partial charge in [-0.25, -0.2) is 4.98 Å². The molecule has 3 heterocycles. The maximum atomic E-state index is 12.7. The second-order valence-corrected chi connectivity index (χ2v) is 9.98. The highest BCUT2D eigenvalue weighted by molar-refractivity contribution is 6.18. The Morgan fingerprint density at radius 3 is 2.61 bits per heavy atom. The monoisotopic (exact) mass is 555 g/mol. The Hall–Kier alpha value is -2.54. The van der Waals surface area contributed by atoms with E-state index in [1.54, 1.807) is 13.8 Å². The number of hydrogen-bond donors (Lipinski definition) is 2. The fraction of sp³-hybridized carbons (Fsp3) is 0.720. The molecule has 2 aromatic rings. The van der Waals surface area contributed by atoms with Crippen molar-refractivity contribution in [2.24, 2.45) is 5.92 Å². The third kappa shape index (κ3) is 6.71. The second kappa shape index (κ2) is 13.5. The van der Waals surface area contributed by atoms with Crippen LogP contribution in [0.25, 0.3) is 11.2 Å². The van der Waals surface area contributed by atoms with Gasteiger partial charge >= 0.3 is 5.97 Å². The lowest BCUT2D eigenvalue weighted by Crippen LogP contribution is -2.51. The number of carbonyl (C=O) groups excluding carboxylic acids is 2. The van der Waals surface area contributed by atoms with E-state index in [9.17, 15) is 14.4 Å². The minimum atomic E-state index is -1.15. The molecule has 212 valence electrons. The number of unbranched alkanes of at least 4 members (excludes halogenated alkanes) is 2. The number of aromatic nitrogens is 4. The highest BCUT2D eigenvalue weighted by Gasteiger charge is 2.58. The maximum Gasteiger partial charge on any atom is 0.303 e. The second-order valence-electron chi connectivity index (χ2n) is 9.71. The number of H-pyrrole nitrogens is 1. The van der Waals surface area contributed by atoms with E-state index in [-0.39, 0.29) is 41.4 Å². The molecule has 1 amide bonds. The summed E-state index contributed by atoms with van der Waals surface area (Å²) in [5.41, 5.74) is -1.53. The van der Waals surface area contributed by atoms with Gasteiger partial charge in [0.25, 0.3) is 5.56 Å². The van der Waals surface area contributed by atoms with Gasteiger partial charge in [-0.2, -0.15) is 4.98 Å². The van der Waals surface area contributed by atoms with E-state index in [2.05, 4.69) is 27.2 Å². The van der Waals surface area contributed by atoms with Crippen LogP contribution in [0, 0.1) is 5.92 Å². The minimum Gasteiger partial charge on any atom is -0.455 e. The lowest BCUT2D eigenvalue weighted by Gasteiger charge is -2.33. The van der Waals surface area contributed by atoms with Crippen molar-refractivity contribution in [1.82, 2.24) is 19.5 Å². The van der Waals surface area contributed by atoms with Gasteiger partial charge in [0.05, 0.1) is 18.8 Å². The first kappa shape index (κ1) is 30.0. The summed E-state index contributed by atoms with van der Waals surface area (Å²) < 4.78 is 25.9. The first-order valence-electron chi connectivity index (χ1n) is 13.1. The third-order valence-electron chi connectivity index (χ3n) is 6.24. The zero-order chi connectivity index (χ0) is 27.9. The molecule has 1 aliphatic heterocycles. The average molecular weight is 556 g/mol. The minimum absolute atomic E-state index is 0.000515. The summed E-state index contributed by atoms with van der Waals surface area (Å²) in [4.78, 5) is 48.3. The summed E-state index contributed by atoms with van der Waals surface area (Å²) in [5.74, 6) is -1.22. The van der Waals surface area contributed by atoms with Crippen molar-refractivity contribution in [3.63, 3.8) is 0 Å². The van der Waals surface area contributed by atoms with Gasteiger partial charge < -0.3 is 18.9 Å². The molecule has 0 bridgehead atoms. The molecule has 13 heteroatoms. The molecule has 1 fully saturated rings. The SMILES string of the molecule is CCCCOC[C@@]1(CCl)O[C@@H](n2cnc3c(=O)[nH]c(NC(=O)C(C)C)nc32)[C@H](OC(C)=O)[C@@H]1OCCCC. The van der Waals surface area contributed by atoms with Gasteiger partial charge in [0.15, 0.2) is 23.5 Å². The van der Waals surface area contributed by atoms with Gasteiger partial charge in [0.1, 0.15) is 11.7 Å². The highest BCUT2D eigenvalue weighted by atomic mass is 35.5. The molecule has 2 N–H and O–H groups in total. The Balaban J connectivity index is 2.07. The standard InChI is InChI=1S/C25H38ClN5O7/c1-6-8-10-35-13-25(12-26)19(36-11-9-7-2)18(37-16(5)32)23(38-25)31-14-27-17-20(31)28-24(30-22(17)34)29-21(33)15(3)4/h14-15,18-19,23H,6-13H2,1-5H3,(H2,28,29,30,33,34)/t18-,19+,23-,25-/m1/s1. The molecule has 1 aliphatic rings. The van der Waals surface area contributed by atoms with E-state index >= 15 is 0 Å². The molecule has 0 saturated carbocycles. The normalized spacial score (nSPS) is 23.3. The Kier molecular flexibility index (Phi) is 10.7. The fourth-order valence-corrected chi connectivity index (χ4v) is 4.43. The molecule has 0 aromatic carbocycles. The fourth-order valence-electron chi connectivity index (χ4n) is 4.14. The summed E-state index contributed by atoms with van der Waals surface area (Å²) >= 11 is 6.50. The molecule has 0 spiro atoms. The Morgan fingerprint density at radius 1 is 1.26 bits per heavy atom. The van der Waals surface area contributed by atoms with Crippen LogP contribution in [0.15, 0.2) is 11.1 Å². The van der Waals surface area contributed by atoms with Crippen molar-refractivity contribution in [2.75, 3.05) is 31.0 Å². The van der Waals surface area contributed by atoms with Crippen LogP contribution < -0.4 is 10.9 Å². The number of ether oxygens (including phenoxy) is 4.